The number of carbonyl (C=O) groups excluding carboxylic acids is 1. The molecule has 1 heterocycles. The van der Waals surface area contributed by atoms with Gasteiger partial charge in [0.1, 0.15) is 0 Å². The van der Waals surface area contributed by atoms with E-state index in [1.165, 1.54) is 0 Å². The van der Waals surface area contributed by atoms with Crippen molar-refractivity contribution >= 4 is 11.9 Å². The topological polar surface area (TPSA) is 66.4 Å². The summed E-state index contributed by atoms with van der Waals surface area (Å²) in [6.07, 6.45) is 0.550. The molecule has 2 aromatic carbocycles. The minimum absolute atomic E-state index is 0.0129. The monoisotopic (exact) mass is 295 g/mol. The Balaban J connectivity index is 1.87. The zero-order chi connectivity index (χ0) is 15.5. The van der Waals surface area contributed by atoms with Gasteiger partial charge in [-0.3, -0.25) is 9.59 Å². The van der Waals surface area contributed by atoms with Gasteiger partial charge in [0.2, 0.25) is 5.91 Å². The molecule has 0 spiro atoms. The number of carboxylic acids is 1. The first-order chi connectivity index (χ1) is 10.6. The third kappa shape index (κ3) is 3.01. The Morgan fingerprint density at radius 2 is 1.86 bits per heavy atom. The maximum absolute atomic E-state index is 11.3. The van der Waals surface area contributed by atoms with Crippen LogP contribution in [0, 0.1) is 0 Å². The standard InChI is InChI=1S/C18H17NO3/c20-17-9-15(11-19-17)12-5-7-13(8-6-12)16-4-2-1-3-14(16)10-18(21)22/h1-8,15H,9-11H2,(H,19,20)(H,21,22). The van der Waals surface area contributed by atoms with Crippen molar-refractivity contribution in [3.05, 3.63) is 59.7 Å². The van der Waals surface area contributed by atoms with E-state index in [-0.39, 0.29) is 18.2 Å². The molecule has 0 aromatic heterocycles. The third-order valence-electron chi connectivity index (χ3n) is 4.03. The summed E-state index contributed by atoms with van der Waals surface area (Å²) >= 11 is 0. The summed E-state index contributed by atoms with van der Waals surface area (Å²) in [6, 6.07) is 15.6. The van der Waals surface area contributed by atoms with Crippen molar-refractivity contribution in [3.8, 4) is 11.1 Å². The molecule has 1 amide bonds. The Bertz CT molecular complexity index is 707. The van der Waals surface area contributed by atoms with Gasteiger partial charge >= 0.3 is 5.97 Å². The first-order valence-corrected chi connectivity index (χ1v) is 7.30. The van der Waals surface area contributed by atoms with Crippen LogP contribution in [0.1, 0.15) is 23.5 Å². The van der Waals surface area contributed by atoms with E-state index in [1.54, 1.807) is 0 Å². The lowest BCUT2D eigenvalue weighted by molar-refractivity contribution is -0.136. The first-order valence-electron chi connectivity index (χ1n) is 7.30. The van der Waals surface area contributed by atoms with Crippen LogP contribution in [0.25, 0.3) is 11.1 Å². The normalized spacial score (nSPS) is 17.3. The quantitative estimate of drug-likeness (QED) is 0.911. The molecule has 1 saturated heterocycles. The summed E-state index contributed by atoms with van der Waals surface area (Å²) in [5.74, 6) is -0.503. The molecule has 0 saturated carbocycles. The van der Waals surface area contributed by atoms with Crippen molar-refractivity contribution in [1.82, 2.24) is 5.32 Å². The number of hydrogen-bond acceptors (Lipinski definition) is 2. The molecular weight excluding hydrogens is 278 g/mol. The van der Waals surface area contributed by atoms with Crippen LogP contribution in [0.3, 0.4) is 0 Å². The van der Waals surface area contributed by atoms with Gasteiger partial charge in [-0.05, 0) is 22.3 Å². The largest absolute Gasteiger partial charge is 0.481 e. The highest BCUT2D eigenvalue weighted by Crippen LogP contribution is 2.28. The molecule has 1 aliphatic rings. The number of carbonyl (C=O) groups is 2. The third-order valence-corrected chi connectivity index (χ3v) is 4.03. The fourth-order valence-electron chi connectivity index (χ4n) is 2.89. The second-order valence-corrected chi connectivity index (χ2v) is 5.55. The van der Waals surface area contributed by atoms with E-state index in [1.807, 2.05) is 48.5 Å². The Labute approximate surface area is 128 Å². The fourth-order valence-corrected chi connectivity index (χ4v) is 2.89. The maximum atomic E-state index is 11.3. The van der Waals surface area contributed by atoms with Crippen molar-refractivity contribution in [2.45, 2.75) is 18.8 Å². The molecule has 4 nitrogen and oxygen atoms in total. The van der Waals surface area contributed by atoms with Crippen LogP contribution >= 0.6 is 0 Å². The molecule has 0 bridgehead atoms. The minimum atomic E-state index is -0.834. The van der Waals surface area contributed by atoms with Crippen LogP contribution in [-0.4, -0.2) is 23.5 Å². The Hall–Kier alpha value is -2.62. The van der Waals surface area contributed by atoms with Crippen LogP contribution in [0.5, 0.6) is 0 Å². The lowest BCUT2D eigenvalue weighted by Crippen LogP contribution is -2.13. The number of aliphatic carboxylic acids is 1. The van der Waals surface area contributed by atoms with E-state index >= 15 is 0 Å². The zero-order valence-corrected chi connectivity index (χ0v) is 12.1. The number of rotatable bonds is 4. The molecule has 3 rings (SSSR count). The van der Waals surface area contributed by atoms with Crippen molar-refractivity contribution in [2.75, 3.05) is 6.54 Å². The van der Waals surface area contributed by atoms with Gasteiger partial charge in [0.05, 0.1) is 6.42 Å². The smallest absolute Gasteiger partial charge is 0.307 e. The molecule has 112 valence electrons. The molecule has 1 aliphatic heterocycles. The second-order valence-electron chi connectivity index (χ2n) is 5.55. The summed E-state index contributed by atoms with van der Waals surface area (Å²) in [4.78, 5) is 22.3. The zero-order valence-electron chi connectivity index (χ0n) is 12.1. The molecule has 1 unspecified atom stereocenters. The SMILES string of the molecule is O=C(O)Cc1ccccc1-c1ccc(C2CNC(=O)C2)cc1. The van der Waals surface area contributed by atoms with Crippen molar-refractivity contribution < 1.29 is 14.7 Å². The summed E-state index contributed by atoms with van der Waals surface area (Å²) in [5.41, 5.74) is 3.88. The van der Waals surface area contributed by atoms with Gasteiger partial charge in [0.15, 0.2) is 0 Å². The summed E-state index contributed by atoms with van der Waals surface area (Å²) < 4.78 is 0. The van der Waals surface area contributed by atoms with Gasteiger partial charge in [0, 0.05) is 18.9 Å². The number of nitrogens with one attached hydrogen (secondary N) is 1. The summed E-state index contributed by atoms with van der Waals surface area (Å²) in [6.45, 7) is 0.688. The fraction of sp³-hybridized carbons (Fsp3) is 0.222. The Morgan fingerprint density at radius 3 is 2.50 bits per heavy atom. The van der Waals surface area contributed by atoms with Crippen LogP contribution in [-0.2, 0) is 16.0 Å². The van der Waals surface area contributed by atoms with Crippen LogP contribution in [0.15, 0.2) is 48.5 Å². The first kappa shape index (κ1) is 14.3. The number of carboxylic acid groups (broad SMARTS) is 1. The molecular formula is C18H17NO3. The average molecular weight is 295 g/mol. The molecule has 22 heavy (non-hydrogen) atoms. The van der Waals surface area contributed by atoms with Crippen LogP contribution in [0.4, 0.5) is 0 Å². The predicted octanol–water partition coefficient (Wildman–Crippen LogP) is 2.58. The summed E-state index contributed by atoms with van der Waals surface area (Å²) in [7, 11) is 0. The van der Waals surface area contributed by atoms with Crippen LogP contribution < -0.4 is 5.32 Å². The van der Waals surface area contributed by atoms with Crippen molar-refractivity contribution in [2.24, 2.45) is 0 Å². The highest BCUT2D eigenvalue weighted by molar-refractivity contribution is 5.80. The van der Waals surface area contributed by atoms with Crippen LogP contribution in [0.2, 0.25) is 0 Å². The van der Waals surface area contributed by atoms with Gasteiger partial charge in [-0.25, -0.2) is 0 Å². The van der Waals surface area contributed by atoms with Gasteiger partial charge < -0.3 is 10.4 Å². The molecule has 1 atom stereocenters. The molecule has 4 heteroatoms. The van der Waals surface area contributed by atoms with E-state index in [0.717, 1.165) is 22.3 Å². The average Bonchev–Trinajstić information content (AvgIpc) is 2.94. The van der Waals surface area contributed by atoms with E-state index in [4.69, 9.17) is 5.11 Å². The lowest BCUT2D eigenvalue weighted by Gasteiger charge is -2.11. The Kier molecular flexibility index (Phi) is 3.92. The predicted molar refractivity (Wildman–Crippen MR) is 83.6 cm³/mol. The number of benzene rings is 2. The highest BCUT2D eigenvalue weighted by atomic mass is 16.4. The molecule has 2 N–H and O–H groups in total. The Morgan fingerprint density at radius 1 is 1.14 bits per heavy atom. The van der Waals surface area contributed by atoms with E-state index in [0.29, 0.717) is 13.0 Å². The second kappa shape index (κ2) is 6.02. The van der Waals surface area contributed by atoms with Gasteiger partial charge in [-0.15, -0.1) is 0 Å². The molecule has 0 aliphatic carbocycles. The van der Waals surface area contributed by atoms with Gasteiger partial charge in [0.25, 0.3) is 0 Å². The number of amides is 1. The molecule has 1 fully saturated rings. The minimum Gasteiger partial charge on any atom is -0.481 e. The number of hydrogen-bond donors (Lipinski definition) is 2. The van der Waals surface area contributed by atoms with Crippen molar-refractivity contribution in [1.29, 1.82) is 0 Å². The van der Waals surface area contributed by atoms with E-state index < -0.39 is 5.97 Å². The van der Waals surface area contributed by atoms with Crippen molar-refractivity contribution in [3.63, 3.8) is 0 Å². The summed E-state index contributed by atoms with van der Waals surface area (Å²) in [5, 5.41) is 11.9. The van der Waals surface area contributed by atoms with Gasteiger partial charge in [-0.2, -0.15) is 0 Å². The lowest BCUT2D eigenvalue weighted by atomic mass is 9.93. The van der Waals surface area contributed by atoms with E-state index in [9.17, 15) is 9.59 Å². The molecule has 2 aromatic rings. The highest BCUT2D eigenvalue weighted by Gasteiger charge is 2.22. The maximum Gasteiger partial charge on any atom is 0.307 e. The van der Waals surface area contributed by atoms with E-state index in [2.05, 4.69) is 5.32 Å². The molecule has 0 radical (unpaired) electrons. The van der Waals surface area contributed by atoms with Gasteiger partial charge in [-0.1, -0.05) is 48.5 Å².